The van der Waals surface area contributed by atoms with Crippen LogP contribution in [0.25, 0.3) is 0 Å². The van der Waals surface area contributed by atoms with Gasteiger partial charge >= 0.3 is 0 Å². The van der Waals surface area contributed by atoms with Gasteiger partial charge in [-0.2, -0.15) is 0 Å². The third-order valence-electron chi connectivity index (χ3n) is 3.66. The van der Waals surface area contributed by atoms with Crippen LogP contribution in [0.1, 0.15) is 39.0 Å². The number of nitrogens with two attached hydrogens (primary N) is 1. The quantitative estimate of drug-likeness (QED) is 0.689. The smallest absolute Gasteiger partial charge is 0.224 e. The highest BCUT2D eigenvalue weighted by atomic mass is 16.3. The van der Waals surface area contributed by atoms with Gasteiger partial charge in [0.2, 0.25) is 5.91 Å². The third kappa shape index (κ3) is 2.32. The summed E-state index contributed by atoms with van der Waals surface area (Å²) < 4.78 is 0. The zero-order valence-electron chi connectivity index (χ0n) is 9.33. The lowest BCUT2D eigenvalue weighted by Crippen LogP contribution is -2.50. The van der Waals surface area contributed by atoms with Crippen molar-refractivity contribution in [3.63, 3.8) is 0 Å². The van der Waals surface area contributed by atoms with E-state index in [0.29, 0.717) is 25.9 Å². The van der Waals surface area contributed by atoms with Crippen LogP contribution in [0, 0.1) is 0 Å². The average Bonchev–Trinajstić information content (AvgIpc) is 2.43. The maximum Gasteiger partial charge on any atom is 0.224 e. The second kappa shape index (κ2) is 3.46. The number of likely N-dealkylation sites (tertiary alicyclic amines) is 1. The van der Waals surface area contributed by atoms with Gasteiger partial charge in [-0.15, -0.1) is 0 Å². The fraction of sp³-hybridized carbons (Fsp3) is 0.909. The number of nitrogens with zero attached hydrogens (tertiary/aromatic N) is 1. The van der Waals surface area contributed by atoms with Crippen LogP contribution in [0.5, 0.6) is 0 Å². The van der Waals surface area contributed by atoms with E-state index in [0.717, 1.165) is 19.3 Å². The van der Waals surface area contributed by atoms with Gasteiger partial charge in [-0.3, -0.25) is 4.79 Å². The number of carbonyl (C=O) groups excluding carboxylic acids is 1. The summed E-state index contributed by atoms with van der Waals surface area (Å²) in [7, 11) is 0. The lowest BCUT2D eigenvalue weighted by Gasteiger charge is -2.38. The van der Waals surface area contributed by atoms with Gasteiger partial charge in [-0.05, 0) is 32.6 Å². The molecule has 86 valence electrons. The minimum absolute atomic E-state index is 0.106. The van der Waals surface area contributed by atoms with Crippen LogP contribution < -0.4 is 5.73 Å². The Hall–Kier alpha value is -0.610. The van der Waals surface area contributed by atoms with E-state index in [1.165, 1.54) is 0 Å². The van der Waals surface area contributed by atoms with Crippen LogP contribution in [0.3, 0.4) is 0 Å². The monoisotopic (exact) mass is 212 g/mol. The fourth-order valence-electron chi connectivity index (χ4n) is 2.38. The maximum atomic E-state index is 11.9. The van der Waals surface area contributed by atoms with Gasteiger partial charge in [-0.25, -0.2) is 0 Å². The van der Waals surface area contributed by atoms with Crippen LogP contribution >= 0.6 is 0 Å². The first-order chi connectivity index (χ1) is 6.90. The zero-order chi connectivity index (χ0) is 11.1. The molecule has 2 rings (SSSR count). The van der Waals surface area contributed by atoms with Crippen molar-refractivity contribution in [2.75, 3.05) is 13.1 Å². The van der Waals surface area contributed by atoms with Crippen LogP contribution in [-0.2, 0) is 4.79 Å². The molecule has 0 aromatic rings. The summed E-state index contributed by atoms with van der Waals surface area (Å²) in [5, 5.41) is 9.76. The molecule has 15 heavy (non-hydrogen) atoms. The highest BCUT2D eigenvalue weighted by Crippen LogP contribution is 2.33. The molecule has 1 saturated heterocycles. The van der Waals surface area contributed by atoms with E-state index < -0.39 is 5.60 Å². The van der Waals surface area contributed by atoms with Gasteiger partial charge < -0.3 is 15.7 Å². The zero-order valence-corrected chi connectivity index (χ0v) is 9.33. The summed E-state index contributed by atoms with van der Waals surface area (Å²) in [4.78, 5) is 13.6. The third-order valence-corrected chi connectivity index (χ3v) is 3.66. The molecular formula is C11H20N2O2. The molecular weight excluding hydrogens is 192 g/mol. The Balaban J connectivity index is 1.87. The van der Waals surface area contributed by atoms with Crippen molar-refractivity contribution in [1.29, 1.82) is 0 Å². The molecule has 0 aromatic heterocycles. The van der Waals surface area contributed by atoms with Crippen LogP contribution in [0.2, 0.25) is 0 Å². The van der Waals surface area contributed by atoms with Gasteiger partial charge in [0, 0.05) is 25.0 Å². The van der Waals surface area contributed by atoms with Crippen molar-refractivity contribution in [2.45, 2.75) is 50.2 Å². The summed E-state index contributed by atoms with van der Waals surface area (Å²) in [5.74, 6) is 0.106. The van der Waals surface area contributed by atoms with Gasteiger partial charge in [0.05, 0.1) is 5.60 Å². The molecule has 0 radical (unpaired) electrons. The molecule has 2 aliphatic rings. The minimum Gasteiger partial charge on any atom is -0.388 e. The summed E-state index contributed by atoms with van der Waals surface area (Å²) in [6.07, 6.45) is 4.19. The molecule has 4 heteroatoms. The van der Waals surface area contributed by atoms with E-state index in [-0.39, 0.29) is 11.4 Å². The Labute approximate surface area is 90.4 Å². The Kier molecular flexibility index (Phi) is 2.51. The van der Waals surface area contributed by atoms with Crippen molar-refractivity contribution < 1.29 is 9.90 Å². The van der Waals surface area contributed by atoms with Crippen molar-refractivity contribution in [2.24, 2.45) is 5.73 Å². The number of rotatable bonds is 2. The van der Waals surface area contributed by atoms with E-state index in [1.54, 1.807) is 11.8 Å². The maximum absolute atomic E-state index is 11.9. The number of carbonyl (C=O) groups is 1. The van der Waals surface area contributed by atoms with Gasteiger partial charge in [-0.1, -0.05) is 0 Å². The summed E-state index contributed by atoms with van der Waals surface area (Å²) >= 11 is 0. The van der Waals surface area contributed by atoms with E-state index in [1.807, 2.05) is 0 Å². The van der Waals surface area contributed by atoms with Crippen molar-refractivity contribution in [1.82, 2.24) is 4.90 Å². The van der Waals surface area contributed by atoms with Crippen LogP contribution in [0.15, 0.2) is 0 Å². The molecule has 1 unspecified atom stereocenters. The number of hydrogen-bond acceptors (Lipinski definition) is 3. The summed E-state index contributed by atoms with van der Waals surface area (Å²) in [6.45, 7) is 2.91. The molecule has 1 amide bonds. The van der Waals surface area contributed by atoms with Gasteiger partial charge in [0.15, 0.2) is 0 Å². The fourth-order valence-corrected chi connectivity index (χ4v) is 2.38. The highest BCUT2D eigenvalue weighted by Gasteiger charge is 2.39. The van der Waals surface area contributed by atoms with E-state index in [4.69, 9.17) is 5.73 Å². The molecule has 3 N–H and O–H groups in total. The van der Waals surface area contributed by atoms with Crippen molar-refractivity contribution >= 4 is 5.91 Å². The molecule has 2 fully saturated rings. The molecule has 1 saturated carbocycles. The van der Waals surface area contributed by atoms with Gasteiger partial charge in [0.25, 0.3) is 0 Å². The largest absolute Gasteiger partial charge is 0.388 e. The van der Waals surface area contributed by atoms with E-state index in [9.17, 15) is 9.90 Å². The van der Waals surface area contributed by atoms with E-state index in [2.05, 4.69) is 0 Å². The molecule has 1 aliphatic heterocycles. The number of amides is 1. The first kappa shape index (κ1) is 10.9. The van der Waals surface area contributed by atoms with Crippen LogP contribution in [0.4, 0.5) is 0 Å². The SMILES string of the molecule is CC1(O)CCN(C(=O)CC2(N)CCC2)C1. The Bertz CT molecular complexity index is 272. The lowest BCUT2D eigenvalue weighted by molar-refractivity contribution is -0.133. The first-order valence-electron chi connectivity index (χ1n) is 5.69. The van der Waals surface area contributed by atoms with Gasteiger partial charge in [0.1, 0.15) is 0 Å². The first-order valence-corrected chi connectivity index (χ1v) is 5.69. The second-order valence-corrected chi connectivity index (χ2v) is 5.45. The predicted octanol–water partition coefficient (Wildman–Crippen LogP) is 0.241. The second-order valence-electron chi connectivity index (χ2n) is 5.45. The topological polar surface area (TPSA) is 66.6 Å². The number of β-amino-alcohol motifs (C(OH)–C–C–N with tert-alkyl or cyclic N) is 1. The molecule has 0 spiro atoms. The summed E-state index contributed by atoms with van der Waals surface area (Å²) in [5.41, 5.74) is 5.09. The van der Waals surface area contributed by atoms with E-state index >= 15 is 0 Å². The van der Waals surface area contributed by atoms with Crippen molar-refractivity contribution in [3.05, 3.63) is 0 Å². The molecule has 0 bridgehead atoms. The summed E-state index contributed by atoms with van der Waals surface area (Å²) in [6, 6.07) is 0. The predicted molar refractivity (Wildman–Crippen MR) is 57.2 cm³/mol. The number of aliphatic hydroxyl groups is 1. The highest BCUT2D eigenvalue weighted by molar-refractivity contribution is 5.78. The molecule has 0 aromatic carbocycles. The molecule has 1 aliphatic carbocycles. The van der Waals surface area contributed by atoms with Crippen LogP contribution in [-0.4, -0.2) is 40.1 Å². The average molecular weight is 212 g/mol. The Morgan fingerprint density at radius 1 is 1.47 bits per heavy atom. The molecule has 1 heterocycles. The van der Waals surface area contributed by atoms with Crippen molar-refractivity contribution in [3.8, 4) is 0 Å². The standard InChI is InChI=1S/C11H20N2O2/c1-10(15)5-6-13(8-10)9(14)7-11(12)3-2-4-11/h15H,2-8,12H2,1H3. The normalized spacial score (nSPS) is 33.9. The Morgan fingerprint density at radius 3 is 2.53 bits per heavy atom. The molecule has 1 atom stereocenters. The molecule has 4 nitrogen and oxygen atoms in total. The number of hydrogen-bond donors (Lipinski definition) is 2. The minimum atomic E-state index is -0.697. The lowest BCUT2D eigenvalue weighted by atomic mass is 9.75. The Morgan fingerprint density at radius 2 is 2.13 bits per heavy atom.